The topological polar surface area (TPSA) is 83.6 Å². The summed E-state index contributed by atoms with van der Waals surface area (Å²) in [5.41, 5.74) is 5.77. The summed E-state index contributed by atoms with van der Waals surface area (Å²) >= 11 is 11.9. The van der Waals surface area contributed by atoms with Gasteiger partial charge in [-0.15, -0.1) is 0 Å². The quantitative estimate of drug-likeness (QED) is 0.473. The maximum atomic E-state index is 11.3. The Bertz CT molecular complexity index is 434. The summed E-state index contributed by atoms with van der Waals surface area (Å²) in [5.74, 6) is -1.41. The molecule has 0 fully saturated rings. The predicted molar refractivity (Wildman–Crippen MR) is 67.4 cm³/mol. The Morgan fingerprint density at radius 3 is 2.44 bits per heavy atom. The van der Waals surface area contributed by atoms with Crippen LogP contribution in [0.15, 0.2) is 18.2 Å². The van der Waals surface area contributed by atoms with Crippen molar-refractivity contribution in [3.05, 3.63) is 33.8 Å². The van der Waals surface area contributed by atoms with Gasteiger partial charge in [0.15, 0.2) is 0 Å². The monoisotopic (exact) mass is 290 g/mol. The summed E-state index contributed by atoms with van der Waals surface area (Å²) < 4.78 is 0. The van der Waals surface area contributed by atoms with Gasteiger partial charge in [0.25, 0.3) is 0 Å². The number of rotatable bonds is 6. The number of carbonyl (C=O) groups excluding carboxylic acids is 2. The van der Waals surface area contributed by atoms with E-state index in [2.05, 4.69) is 0 Å². The average Bonchev–Trinajstić information content (AvgIpc) is 2.31. The summed E-state index contributed by atoms with van der Waals surface area (Å²) in [7, 11) is 0. The minimum Gasteiger partial charge on any atom is -0.369 e. The molecule has 0 aliphatic carbocycles. The molecule has 5 nitrogen and oxygen atoms in total. The lowest BCUT2D eigenvalue weighted by atomic mass is 9.98. The molecule has 1 unspecified atom stereocenters. The second-order valence-electron chi connectivity index (χ2n) is 3.73. The molecule has 0 saturated heterocycles. The van der Waals surface area contributed by atoms with Crippen LogP contribution in [-0.2, 0) is 16.0 Å². The summed E-state index contributed by atoms with van der Waals surface area (Å²) in [6.45, 7) is -0.208. The second kappa shape index (κ2) is 6.58. The number of primary amides is 1. The molecular weight excluding hydrogens is 279 g/mol. The first-order valence-electron chi connectivity index (χ1n) is 5.08. The number of carbonyl (C=O) groups is 2. The maximum absolute atomic E-state index is 11.3. The Morgan fingerprint density at radius 2 is 2.00 bits per heavy atom. The van der Waals surface area contributed by atoms with E-state index in [-0.39, 0.29) is 19.4 Å². The number of amides is 2. The molecule has 0 aliphatic heterocycles. The lowest BCUT2D eigenvalue weighted by Gasteiger charge is -2.18. The first-order chi connectivity index (χ1) is 8.45. The molecule has 0 saturated carbocycles. The van der Waals surface area contributed by atoms with Crippen LogP contribution in [0, 0.1) is 5.92 Å². The van der Waals surface area contributed by atoms with Crippen LogP contribution in [0.5, 0.6) is 0 Å². The van der Waals surface area contributed by atoms with Crippen molar-refractivity contribution < 1.29 is 14.8 Å². The van der Waals surface area contributed by atoms with Crippen molar-refractivity contribution in [2.24, 2.45) is 11.7 Å². The van der Waals surface area contributed by atoms with Gasteiger partial charge >= 0.3 is 0 Å². The zero-order valence-corrected chi connectivity index (χ0v) is 10.9. The van der Waals surface area contributed by atoms with Crippen LogP contribution in [0.3, 0.4) is 0 Å². The Morgan fingerprint density at radius 1 is 1.44 bits per heavy atom. The summed E-state index contributed by atoms with van der Waals surface area (Å²) in [4.78, 5) is 21.6. The SMILES string of the molecule is NC(=O)C(Cc1c(Cl)cccc1Cl)CN(O)C=O. The molecule has 0 spiro atoms. The summed E-state index contributed by atoms with van der Waals surface area (Å²) in [6.07, 6.45) is 0.350. The molecular formula is C11H12Cl2N2O3. The predicted octanol–water partition coefficient (Wildman–Crippen LogP) is 1.49. The third-order valence-electron chi connectivity index (χ3n) is 2.44. The number of hydroxylamine groups is 2. The van der Waals surface area contributed by atoms with Gasteiger partial charge in [0.05, 0.1) is 12.5 Å². The minimum absolute atomic E-state index is 0.152. The van der Waals surface area contributed by atoms with E-state index in [0.29, 0.717) is 20.7 Å². The number of halogens is 2. The lowest BCUT2D eigenvalue weighted by Crippen LogP contribution is -2.35. The van der Waals surface area contributed by atoms with Crippen molar-refractivity contribution in [2.45, 2.75) is 6.42 Å². The molecule has 0 radical (unpaired) electrons. The van der Waals surface area contributed by atoms with Crippen molar-refractivity contribution in [2.75, 3.05) is 6.54 Å². The van der Waals surface area contributed by atoms with Gasteiger partial charge in [-0.2, -0.15) is 0 Å². The Hall–Kier alpha value is -1.30. The molecule has 7 heteroatoms. The fourth-order valence-electron chi connectivity index (χ4n) is 1.50. The van der Waals surface area contributed by atoms with Crippen LogP contribution >= 0.6 is 23.2 Å². The van der Waals surface area contributed by atoms with Gasteiger partial charge in [-0.3, -0.25) is 14.8 Å². The van der Waals surface area contributed by atoms with Gasteiger partial charge in [0, 0.05) is 10.0 Å². The fraction of sp³-hybridized carbons (Fsp3) is 0.273. The standard InChI is InChI=1S/C11H12Cl2N2O3/c12-9-2-1-3-10(13)8(9)4-7(11(14)17)5-15(18)6-16/h1-3,6-7,18H,4-5H2,(H2,14,17). The van der Waals surface area contributed by atoms with E-state index in [9.17, 15) is 9.59 Å². The van der Waals surface area contributed by atoms with E-state index in [4.69, 9.17) is 34.1 Å². The van der Waals surface area contributed by atoms with Crippen LogP contribution in [0.1, 0.15) is 5.56 Å². The minimum atomic E-state index is -0.766. The molecule has 1 aromatic rings. The van der Waals surface area contributed by atoms with Crippen molar-refractivity contribution in [1.82, 2.24) is 5.06 Å². The number of hydrogen-bond acceptors (Lipinski definition) is 3. The molecule has 0 aliphatic rings. The van der Waals surface area contributed by atoms with E-state index < -0.39 is 11.8 Å². The molecule has 98 valence electrons. The van der Waals surface area contributed by atoms with Crippen molar-refractivity contribution in [3.8, 4) is 0 Å². The first-order valence-corrected chi connectivity index (χ1v) is 5.84. The van der Waals surface area contributed by atoms with Crippen molar-refractivity contribution in [1.29, 1.82) is 0 Å². The van der Waals surface area contributed by atoms with Crippen LogP contribution in [0.2, 0.25) is 10.0 Å². The highest BCUT2D eigenvalue weighted by Crippen LogP contribution is 2.27. The number of nitrogens with zero attached hydrogens (tertiary/aromatic N) is 1. The van der Waals surface area contributed by atoms with Gasteiger partial charge in [0.1, 0.15) is 0 Å². The van der Waals surface area contributed by atoms with Crippen LogP contribution < -0.4 is 5.73 Å². The van der Waals surface area contributed by atoms with Crippen LogP contribution in [0.4, 0.5) is 0 Å². The summed E-state index contributed by atoms with van der Waals surface area (Å²) in [6, 6.07) is 4.95. The zero-order chi connectivity index (χ0) is 13.7. The smallest absolute Gasteiger partial charge is 0.233 e. The first kappa shape index (κ1) is 14.8. The summed E-state index contributed by atoms with van der Waals surface area (Å²) in [5, 5.41) is 10.3. The van der Waals surface area contributed by atoms with Crippen molar-refractivity contribution in [3.63, 3.8) is 0 Å². The number of nitrogens with two attached hydrogens (primary N) is 1. The normalized spacial score (nSPS) is 11.9. The van der Waals surface area contributed by atoms with Gasteiger partial charge in [-0.25, -0.2) is 5.06 Å². The molecule has 1 rings (SSSR count). The zero-order valence-electron chi connectivity index (χ0n) is 9.35. The van der Waals surface area contributed by atoms with Gasteiger partial charge in [-0.1, -0.05) is 29.3 Å². The Labute approximate surface area is 114 Å². The molecule has 0 heterocycles. The third kappa shape index (κ3) is 3.87. The molecule has 1 aromatic carbocycles. The molecule has 0 bridgehead atoms. The van der Waals surface area contributed by atoms with E-state index >= 15 is 0 Å². The molecule has 18 heavy (non-hydrogen) atoms. The highest BCUT2D eigenvalue weighted by atomic mass is 35.5. The third-order valence-corrected chi connectivity index (χ3v) is 3.15. The Kier molecular flexibility index (Phi) is 5.40. The van der Waals surface area contributed by atoms with Gasteiger partial charge in [0.2, 0.25) is 12.3 Å². The van der Waals surface area contributed by atoms with Gasteiger partial charge < -0.3 is 5.73 Å². The molecule has 1 atom stereocenters. The maximum Gasteiger partial charge on any atom is 0.233 e. The average molecular weight is 291 g/mol. The van der Waals surface area contributed by atoms with E-state index in [1.807, 2.05) is 0 Å². The number of benzene rings is 1. The van der Waals surface area contributed by atoms with E-state index in [1.54, 1.807) is 18.2 Å². The van der Waals surface area contributed by atoms with E-state index in [1.165, 1.54) is 0 Å². The highest BCUT2D eigenvalue weighted by Gasteiger charge is 2.21. The fourth-order valence-corrected chi connectivity index (χ4v) is 2.05. The molecule has 0 aromatic heterocycles. The lowest BCUT2D eigenvalue weighted by molar-refractivity contribution is -0.153. The van der Waals surface area contributed by atoms with Crippen LogP contribution in [0.25, 0.3) is 0 Å². The Balaban J connectivity index is 2.90. The molecule has 2 amide bonds. The van der Waals surface area contributed by atoms with Gasteiger partial charge in [-0.05, 0) is 24.1 Å². The highest BCUT2D eigenvalue weighted by molar-refractivity contribution is 6.36. The largest absolute Gasteiger partial charge is 0.369 e. The van der Waals surface area contributed by atoms with E-state index in [0.717, 1.165) is 0 Å². The van der Waals surface area contributed by atoms with Crippen LogP contribution in [-0.4, -0.2) is 29.1 Å². The van der Waals surface area contributed by atoms with Crippen molar-refractivity contribution >= 4 is 35.5 Å². The number of hydrogen-bond donors (Lipinski definition) is 2. The molecule has 3 N–H and O–H groups in total. The second-order valence-corrected chi connectivity index (χ2v) is 4.55.